The van der Waals surface area contributed by atoms with E-state index in [0.29, 0.717) is 24.5 Å². The maximum Gasteiger partial charge on any atom is 0.270 e. The lowest BCUT2D eigenvalue weighted by Crippen LogP contribution is -2.39. The quantitative estimate of drug-likeness (QED) is 0.803. The number of anilines is 1. The van der Waals surface area contributed by atoms with E-state index >= 15 is 0 Å². The van der Waals surface area contributed by atoms with Crippen LogP contribution in [0.25, 0.3) is 0 Å². The predicted molar refractivity (Wildman–Crippen MR) is 67.8 cm³/mol. The van der Waals surface area contributed by atoms with Crippen molar-refractivity contribution in [3.8, 4) is 0 Å². The highest BCUT2D eigenvalue weighted by atomic mass is 16.3. The number of aromatic nitrogens is 1. The second kappa shape index (κ2) is 5.72. The number of aliphatic hydroxyl groups excluding tert-OH is 1. The lowest BCUT2D eigenvalue weighted by atomic mass is 10.2. The van der Waals surface area contributed by atoms with Crippen LogP contribution in [-0.2, 0) is 6.54 Å². The Morgan fingerprint density at radius 2 is 2.24 bits per heavy atom. The van der Waals surface area contributed by atoms with Gasteiger partial charge >= 0.3 is 0 Å². The second-order valence-corrected chi connectivity index (χ2v) is 4.26. The maximum atomic E-state index is 12.3. The number of nitrogens with two attached hydrogens (primary N) is 1. The van der Waals surface area contributed by atoms with E-state index in [0.717, 1.165) is 0 Å². The number of carbonyl (C=O) groups is 1. The lowest BCUT2D eigenvalue weighted by Gasteiger charge is -2.26. The first-order valence-corrected chi connectivity index (χ1v) is 5.88. The zero-order chi connectivity index (χ0) is 13.0. The predicted octanol–water partition coefficient (Wildman–Crippen LogP) is 0.933. The number of amides is 1. The molecule has 1 aromatic heterocycles. The summed E-state index contributed by atoms with van der Waals surface area (Å²) in [6, 6.07) is 1.73. The highest BCUT2D eigenvalue weighted by Gasteiger charge is 2.21. The first kappa shape index (κ1) is 13.6. The minimum atomic E-state index is -0.0902. The molecule has 5 nitrogen and oxygen atoms in total. The van der Waals surface area contributed by atoms with Gasteiger partial charge in [-0.3, -0.25) is 4.79 Å². The molecule has 0 spiro atoms. The Bertz CT molecular complexity index is 385. The third kappa shape index (κ3) is 3.00. The number of rotatable bonds is 5. The number of aryl methyl sites for hydroxylation is 1. The average Bonchev–Trinajstić information content (AvgIpc) is 2.66. The summed E-state index contributed by atoms with van der Waals surface area (Å²) in [5.41, 5.74) is 6.86. The van der Waals surface area contributed by atoms with E-state index in [1.807, 2.05) is 25.3 Å². The van der Waals surface area contributed by atoms with Gasteiger partial charge in [0.05, 0.1) is 12.3 Å². The van der Waals surface area contributed by atoms with E-state index in [1.165, 1.54) is 0 Å². The summed E-state index contributed by atoms with van der Waals surface area (Å²) >= 11 is 0. The van der Waals surface area contributed by atoms with Gasteiger partial charge in [0, 0.05) is 25.3 Å². The Balaban J connectivity index is 3.00. The van der Waals surface area contributed by atoms with E-state index < -0.39 is 0 Å². The van der Waals surface area contributed by atoms with E-state index in [-0.39, 0.29) is 18.6 Å². The lowest BCUT2D eigenvalue weighted by molar-refractivity contribution is 0.0654. The monoisotopic (exact) mass is 239 g/mol. The molecule has 0 saturated heterocycles. The number of aliphatic hydroxyl groups is 1. The van der Waals surface area contributed by atoms with Crippen LogP contribution in [0.3, 0.4) is 0 Å². The first-order valence-electron chi connectivity index (χ1n) is 5.88. The number of hydrogen-bond acceptors (Lipinski definition) is 3. The maximum absolute atomic E-state index is 12.3. The fourth-order valence-corrected chi connectivity index (χ4v) is 1.82. The molecule has 0 unspecified atom stereocenters. The van der Waals surface area contributed by atoms with Gasteiger partial charge in [0.1, 0.15) is 5.69 Å². The minimum absolute atomic E-state index is 0.0355. The van der Waals surface area contributed by atoms with Crippen molar-refractivity contribution in [3.05, 3.63) is 18.0 Å². The van der Waals surface area contributed by atoms with Crippen LogP contribution in [0.15, 0.2) is 12.3 Å². The largest absolute Gasteiger partial charge is 0.397 e. The van der Waals surface area contributed by atoms with Gasteiger partial charge in [-0.15, -0.1) is 0 Å². The summed E-state index contributed by atoms with van der Waals surface area (Å²) in [5.74, 6) is -0.0902. The molecule has 17 heavy (non-hydrogen) atoms. The summed E-state index contributed by atoms with van der Waals surface area (Å²) in [6.45, 7) is 6.81. The molecule has 96 valence electrons. The Labute approximate surface area is 102 Å². The van der Waals surface area contributed by atoms with Crippen molar-refractivity contribution < 1.29 is 9.90 Å². The fraction of sp³-hybridized carbons (Fsp3) is 0.583. The standard InChI is InChI=1S/C12H21N3O2/c1-4-14-8-10(13)7-11(14)12(17)15(5-6-16)9(2)3/h7-9,16H,4-6,13H2,1-3H3. The van der Waals surface area contributed by atoms with Crippen LogP contribution in [-0.4, -0.2) is 39.7 Å². The molecule has 0 aliphatic rings. The number of hydrogen-bond donors (Lipinski definition) is 2. The Kier molecular flexibility index (Phi) is 4.57. The van der Waals surface area contributed by atoms with E-state index in [9.17, 15) is 4.79 Å². The van der Waals surface area contributed by atoms with E-state index in [1.54, 1.807) is 17.2 Å². The summed E-state index contributed by atoms with van der Waals surface area (Å²) in [4.78, 5) is 13.9. The van der Waals surface area contributed by atoms with Crippen molar-refractivity contribution in [2.45, 2.75) is 33.4 Å². The van der Waals surface area contributed by atoms with Gasteiger partial charge in [0.2, 0.25) is 0 Å². The highest BCUT2D eigenvalue weighted by Crippen LogP contribution is 2.14. The molecule has 0 radical (unpaired) electrons. The molecule has 0 aromatic carbocycles. The second-order valence-electron chi connectivity index (χ2n) is 4.26. The third-order valence-electron chi connectivity index (χ3n) is 2.70. The molecule has 0 aliphatic heterocycles. The molecule has 0 saturated carbocycles. The molecule has 0 aliphatic carbocycles. The molecular weight excluding hydrogens is 218 g/mol. The van der Waals surface area contributed by atoms with Crippen molar-refractivity contribution in [1.82, 2.24) is 9.47 Å². The van der Waals surface area contributed by atoms with Gasteiger partial charge in [0.15, 0.2) is 0 Å². The summed E-state index contributed by atoms with van der Waals surface area (Å²) in [7, 11) is 0. The van der Waals surface area contributed by atoms with Crippen LogP contribution in [0.2, 0.25) is 0 Å². The summed E-state index contributed by atoms with van der Waals surface area (Å²) < 4.78 is 1.82. The van der Waals surface area contributed by atoms with Gasteiger partial charge in [-0.1, -0.05) is 0 Å². The van der Waals surface area contributed by atoms with Crippen molar-refractivity contribution in [2.75, 3.05) is 18.9 Å². The average molecular weight is 239 g/mol. The zero-order valence-electron chi connectivity index (χ0n) is 10.7. The molecule has 0 atom stereocenters. The van der Waals surface area contributed by atoms with Crippen LogP contribution in [0, 0.1) is 0 Å². The Morgan fingerprint density at radius 3 is 2.71 bits per heavy atom. The Morgan fingerprint density at radius 1 is 1.59 bits per heavy atom. The van der Waals surface area contributed by atoms with Gasteiger partial charge < -0.3 is 20.3 Å². The summed E-state index contributed by atoms with van der Waals surface area (Å²) in [5, 5.41) is 8.99. The molecule has 1 amide bonds. The molecule has 1 rings (SSSR count). The molecule has 0 bridgehead atoms. The van der Waals surface area contributed by atoms with Crippen LogP contribution in [0.4, 0.5) is 5.69 Å². The summed E-state index contributed by atoms with van der Waals surface area (Å²) in [6.07, 6.45) is 1.75. The van der Waals surface area contributed by atoms with E-state index in [4.69, 9.17) is 10.8 Å². The Hall–Kier alpha value is -1.49. The van der Waals surface area contributed by atoms with Gasteiger partial charge in [-0.2, -0.15) is 0 Å². The smallest absolute Gasteiger partial charge is 0.270 e. The van der Waals surface area contributed by atoms with Crippen molar-refractivity contribution >= 4 is 11.6 Å². The molecule has 1 heterocycles. The van der Waals surface area contributed by atoms with Gasteiger partial charge in [-0.25, -0.2) is 0 Å². The van der Waals surface area contributed by atoms with Gasteiger partial charge in [-0.05, 0) is 26.8 Å². The molecule has 5 heteroatoms. The van der Waals surface area contributed by atoms with Crippen LogP contribution in [0.5, 0.6) is 0 Å². The third-order valence-corrected chi connectivity index (χ3v) is 2.70. The number of carbonyl (C=O) groups excluding carboxylic acids is 1. The first-order chi connectivity index (χ1) is 8.01. The molecule has 3 N–H and O–H groups in total. The van der Waals surface area contributed by atoms with Crippen LogP contribution < -0.4 is 5.73 Å². The zero-order valence-corrected chi connectivity index (χ0v) is 10.7. The highest BCUT2D eigenvalue weighted by molar-refractivity contribution is 5.94. The number of nitrogens with zero attached hydrogens (tertiary/aromatic N) is 2. The molecular formula is C12H21N3O2. The molecule has 1 aromatic rings. The SMILES string of the molecule is CCn1cc(N)cc1C(=O)N(CCO)C(C)C. The van der Waals surface area contributed by atoms with Crippen LogP contribution >= 0.6 is 0 Å². The normalized spacial score (nSPS) is 10.9. The van der Waals surface area contributed by atoms with Gasteiger partial charge in [0.25, 0.3) is 5.91 Å². The van der Waals surface area contributed by atoms with E-state index in [2.05, 4.69) is 0 Å². The number of nitrogen functional groups attached to an aromatic ring is 1. The van der Waals surface area contributed by atoms with Crippen molar-refractivity contribution in [1.29, 1.82) is 0 Å². The van der Waals surface area contributed by atoms with Crippen LogP contribution in [0.1, 0.15) is 31.3 Å². The van der Waals surface area contributed by atoms with Crippen molar-refractivity contribution in [2.24, 2.45) is 0 Å². The molecule has 0 fully saturated rings. The topological polar surface area (TPSA) is 71.5 Å². The fourth-order valence-electron chi connectivity index (χ4n) is 1.82. The minimum Gasteiger partial charge on any atom is -0.397 e. The van der Waals surface area contributed by atoms with Crippen molar-refractivity contribution in [3.63, 3.8) is 0 Å².